The van der Waals surface area contributed by atoms with E-state index >= 15 is 0 Å². The minimum Gasteiger partial charge on any atom is -0.333 e. The van der Waals surface area contributed by atoms with Gasteiger partial charge in [-0.3, -0.25) is 9.59 Å². The zero-order valence-corrected chi connectivity index (χ0v) is 22.4. The highest BCUT2D eigenvalue weighted by atomic mass is 35.5. The van der Waals surface area contributed by atoms with Crippen LogP contribution in [0, 0.1) is 5.41 Å². The van der Waals surface area contributed by atoms with E-state index in [0.29, 0.717) is 13.1 Å². The molecule has 0 N–H and O–H groups in total. The molecule has 180 valence electrons. The minimum atomic E-state index is -0.693. The summed E-state index contributed by atoms with van der Waals surface area (Å²) >= 11 is 7.83. The molecule has 2 aromatic rings. The standard InChI is InChI=1S/C27H37ClN2O2S/c1-7-14-29(25(32)27(5,6)18-28)17-23(31)30-15-12-22-21(13-16-33-22)24(30)19-8-10-20(11-9-19)26(2,3)4/h8-11,13,16,24H,7,12,14-15,17-18H2,1-6H3. The average molecular weight is 489 g/mol. The van der Waals surface area contributed by atoms with Gasteiger partial charge >= 0.3 is 0 Å². The molecule has 1 aliphatic rings. The SMILES string of the molecule is CCCN(CC(=O)N1CCc2sccc2C1c1ccc(C(C)(C)C)cc1)C(=O)C(C)(C)CCl. The Hall–Kier alpha value is -1.85. The number of thiophene rings is 1. The monoisotopic (exact) mass is 488 g/mol. The molecule has 2 heterocycles. The Labute approximate surface area is 207 Å². The summed E-state index contributed by atoms with van der Waals surface area (Å²) in [6.45, 7) is 13.6. The number of hydrogen-bond donors (Lipinski definition) is 0. The van der Waals surface area contributed by atoms with Gasteiger partial charge in [-0.2, -0.15) is 0 Å². The fourth-order valence-corrected chi connectivity index (χ4v) is 5.39. The molecule has 3 rings (SSSR count). The Morgan fingerprint density at radius 1 is 1.12 bits per heavy atom. The van der Waals surface area contributed by atoms with Gasteiger partial charge in [-0.1, -0.05) is 52.0 Å². The van der Waals surface area contributed by atoms with E-state index in [4.69, 9.17) is 11.6 Å². The van der Waals surface area contributed by atoms with Crippen LogP contribution < -0.4 is 0 Å². The molecule has 0 spiro atoms. The normalized spacial score (nSPS) is 16.5. The Morgan fingerprint density at radius 3 is 2.36 bits per heavy atom. The van der Waals surface area contributed by atoms with Crippen molar-refractivity contribution in [3.63, 3.8) is 0 Å². The summed E-state index contributed by atoms with van der Waals surface area (Å²) in [5.41, 5.74) is 2.97. The van der Waals surface area contributed by atoms with Gasteiger partial charge in [-0.05, 0) is 60.2 Å². The van der Waals surface area contributed by atoms with Gasteiger partial charge in [0.2, 0.25) is 11.8 Å². The number of carbonyl (C=O) groups excluding carboxylic acids is 2. The van der Waals surface area contributed by atoms with E-state index in [-0.39, 0.29) is 35.7 Å². The summed E-state index contributed by atoms with van der Waals surface area (Å²) in [6.07, 6.45) is 1.65. The smallest absolute Gasteiger partial charge is 0.242 e. The molecule has 0 saturated heterocycles. The zero-order valence-electron chi connectivity index (χ0n) is 20.8. The van der Waals surface area contributed by atoms with Crippen LogP contribution in [0.25, 0.3) is 0 Å². The Morgan fingerprint density at radius 2 is 1.79 bits per heavy atom. The number of rotatable bonds is 7. The molecular weight excluding hydrogens is 452 g/mol. The van der Waals surface area contributed by atoms with E-state index in [1.54, 1.807) is 16.2 Å². The lowest BCUT2D eigenvalue weighted by atomic mass is 9.85. The van der Waals surface area contributed by atoms with E-state index in [0.717, 1.165) is 18.4 Å². The van der Waals surface area contributed by atoms with Gasteiger partial charge in [0, 0.05) is 23.8 Å². The number of alkyl halides is 1. The van der Waals surface area contributed by atoms with Gasteiger partial charge in [0.25, 0.3) is 0 Å². The number of halogens is 1. The third-order valence-corrected chi connectivity index (χ3v) is 8.06. The highest BCUT2D eigenvalue weighted by molar-refractivity contribution is 7.10. The van der Waals surface area contributed by atoms with Crippen molar-refractivity contribution in [1.29, 1.82) is 0 Å². The Kier molecular flexibility index (Phi) is 7.95. The van der Waals surface area contributed by atoms with Gasteiger partial charge < -0.3 is 9.80 Å². The summed E-state index contributed by atoms with van der Waals surface area (Å²) in [5, 5.41) is 2.12. The van der Waals surface area contributed by atoms with Crippen molar-refractivity contribution in [2.45, 2.75) is 65.8 Å². The maximum atomic E-state index is 13.6. The van der Waals surface area contributed by atoms with Crippen LogP contribution in [0.3, 0.4) is 0 Å². The second-order valence-corrected chi connectivity index (χ2v) is 11.9. The molecule has 1 aliphatic heterocycles. The van der Waals surface area contributed by atoms with Gasteiger partial charge in [-0.25, -0.2) is 0 Å². The van der Waals surface area contributed by atoms with Crippen molar-refractivity contribution in [1.82, 2.24) is 9.80 Å². The zero-order chi connectivity index (χ0) is 24.4. The van der Waals surface area contributed by atoms with Crippen LogP contribution in [0.15, 0.2) is 35.7 Å². The number of benzene rings is 1. The largest absolute Gasteiger partial charge is 0.333 e. The van der Waals surface area contributed by atoms with Gasteiger partial charge in [-0.15, -0.1) is 22.9 Å². The number of hydrogen-bond acceptors (Lipinski definition) is 3. The molecule has 0 bridgehead atoms. The van der Waals surface area contributed by atoms with E-state index < -0.39 is 5.41 Å². The summed E-state index contributed by atoms with van der Waals surface area (Å²) in [5.74, 6) is 0.154. The first-order valence-corrected chi connectivity index (χ1v) is 13.2. The molecule has 0 radical (unpaired) electrons. The fraction of sp³-hybridized carbons (Fsp3) is 0.556. The molecular formula is C27H37ClN2O2S. The average Bonchev–Trinajstić information content (AvgIpc) is 3.26. The topological polar surface area (TPSA) is 40.6 Å². The van der Waals surface area contributed by atoms with Crippen LogP contribution in [-0.4, -0.2) is 47.1 Å². The summed E-state index contributed by atoms with van der Waals surface area (Å²) in [7, 11) is 0. The van der Waals surface area contributed by atoms with Crippen LogP contribution in [-0.2, 0) is 21.4 Å². The lowest BCUT2D eigenvalue weighted by Crippen LogP contribution is -2.50. The number of carbonyl (C=O) groups is 2. The van der Waals surface area contributed by atoms with Crippen molar-refractivity contribution in [3.8, 4) is 0 Å². The van der Waals surface area contributed by atoms with Crippen molar-refractivity contribution in [3.05, 3.63) is 57.3 Å². The van der Waals surface area contributed by atoms with E-state index in [9.17, 15) is 9.59 Å². The van der Waals surface area contributed by atoms with Gasteiger partial charge in [0.1, 0.15) is 0 Å². The third-order valence-electron chi connectivity index (χ3n) is 6.40. The molecule has 1 aromatic carbocycles. The van der Waals surface area contributed by atoms with Crippen LogP contribution in [0.1, 0.15) is 75.6 Å². The van der Waals surface area contributed by atoms with Crippen LogP contribution in [0.4, 0.5) is 0 Å². The predicted octanol–water partition coefficient (Wildman–Crippen LogP) is 6.02. The maximum Gasteiger partial charge on any atom is 0.242 e. The molecule has 0 aliphatic carbocycles. The first-order valence-electron chi connectivity index (χ1n) is 11.8. The molecule has 0 saturated carbocycles. The van der Waals surface area contributed by atoms with Crippen molar-refractivity contribution < 1.29 is 9.59 Å². The van der Waals surface area contributed by atoms with Gasteiger partial charge in [0.15, 0.2) is 0 Å². The molecule has 1 unspecified atom stereocenters. The second kappa shape index (κ2) is 10.2. The lowest BCUT2D eigenvalue weighted by Gasteiger charge is -2.38. The second-order valence-electron chi connectivity index (χ2n) is 10.7. The Balaban J connectivity index is 1.91. The molecule has 2 amide bonds. The van der Waals surface area contributed by atoms with Gasteiger partial charge in [0.05, 0.1) is 18.0 Å². The van der Waals surface area contributed by atoms with Crippen LogP contribution in [0.5, 0.6) is 0 Å². The fourth-order valence-electron chi connectivity index (χ4n) is 4.37. The van der Waals surface area contributed by atoms with Crippen molar-refractivity contribution in [2.24, 2.45) is 5.41 Å². The molecule has 1 atom stereocenters. The summed E-state index contributed by atoms with van der Waals surface area (Å²) < 4.78 is 0. The van der Waals surface area contributed by atoms with E-state index in [2.05, 4.69) is 56.5 Å². The maximum absolute atomic E-state index is 13.6. The number of fused-ring (bicyclic) bond motifs is 1. The first-order chi connectivity index (χ1) is 15.5. The Bertz CT molecular complexity index is 975. The highest BCUT2D eigenvalue weighted by Gasteiger charge is 2.36. The molecule has 6 heteroatoms. The van der Waals surface area contributed by atoms with Crippen LogP contribution >= 0.6 is 22.9 Å². The quantitative estimate of drug-likeness (QED) is 0.447. The highest BCUT2D eigenvalue weighted by Crippen LogP contribution is 2.38. The number of amides is 2. The molecule has 0 fully saturated rings. The van der Waals surface area contributed by atoms with E-state index in [1.807, 2.05) is 25.7 Å². The van der Waals surface area contributed by atoms with E-state index in [1.165, 1.54) is 16.0 Å². The van der Waals surface area contributed by atoms with Crippen LogP contribution in [0.2, 0.25) is 0 Å². The molecule has 1 aromatic heterocycles. The number of nitrogens with zero attached hydrogens (tertiary/aromatic N) is 2. The lowest BCUT2D eigenvalue weighted by molar-refractivity contribution is -0.146. The third kappa shape index (κ3) is 5.63. The summed E-state index contributed by atoms with van der Waals surface area (Å²) in [4.78, 5) is 31.8. The predicted molar refractivity (Wildman–Crippen MR) is 138 cm³/mol. The molecule has 33 heavy (non-hydrogen) atoms. The molecule has 4 nitrogen and oxygen atoms in total. The first kappa shape index (κ1) is 25.8. The van der Waals surface area contributed by atoms with Crippen molar-refractivity contribution in [2.75, 3.05) is 25.5 Å². The summed E-state index contributed by atoms with van der Waals surface area (Å²) in [6, 6.07) is 10.7. The minimum absolute atomic E-state index is 0.0103. The van der Waals surface area contributed by atoms with Crippen molar-refractivity contribution >= 4 is 34.8 Å².